The van der Waals surface area contributed by atoms with Gasteiger partial charge in [-0.2, -0.15) is 0 Å². The average Bonchev–Trinajstić information content (AvgIpc) is 3.62. The molecule has 41 heavy (non-hydrogen) atoms. The number of amides is 2. The molecule has 2 aliphatic rings. The van der Waals surface area contributed by atoms with Gasteiger partial charge in [-0.1, -0.05) is 30.3 Å². The minimum Gasteiger partial charge on any atom is -0.502 e. The first-order valence-electron chi connectivity index (χ1n) is 13.0. The topological polar surface area (TPSA) is 220 Å². The van der Waals surface area contributed by atoms with Gasteiger partial charge in [-0.05, 0) is 47.9 Å². The highest BCUT2D eigenvalue weighted by Gasteiger charge is 2.50. The molecule has 1 aliphatic heterocycles. The van der Waals surface area contributed by atoms with Crippen LogP contribution in [0.15, 0.2) is 42.5 Å². The highest BCUT2D eigenvalue weighted by atomic mass is 16.6. The number of ether oxygens (including phenoxy) is 1. The summed E-state index contributed by atoms with van der Waals surface area (Å²) in [6, 6.07) is 9.92. The maximum Gasteiger partial charge on any atom is 0.310 e. The normalized spacial score (nSPS) is 19.0. The minimum atomic E-state index is -1.27. The van der Waals surface area contributed by atoms with Crippen molar-refractivity contribution in [1.82, 2.24) is 5.32 Å². The third-order valence-corrected chi connectivity index (χ3v) is 7.47. The van der Waals surface area contributed by atoms with E-state index in [9.17, 15) is 39.2 Å². The van der Waals surface area contributed by atoms with Crippen LogP contribution in [-0.4, -0.2) is 62.7 Å². The first-order chi connectivity index (χ1) is 19.4. The molecule has 13 nitrogen and oxygen atoms in total. The zero-order chi connectivity index (χ0) is 29.8. The Morgan fingerprint density at radius 3 is 2.29 bits per heavy atom. The van der Waals surface area contributed by atoms with Gasteiger partial charge < -0.3 is 26.0 Å². The molecule has 1 heterocycles. The fourth-order valence-electron chi connectivity index (χ4n) is 5.24. The number of nitrogens with zero attached hydrogens (tertiary/aromatic N) is 1. The van der Waals surface area contributed by atoms with Gasteiger partial charge in [0.1, 0.15) is 0 Å². The highest BCUT2D eigenvalue weighted by Crippen LogP contribution is 2.34. The number of nitrogens with one attached hydrogen (secondary N) is 1. The number of ketones is 2. The number of carbonyl (C=O) groups excluding carboxylic acids is 4. The Morgan fingerprint density at radius 1 is 1.05 bits per heavy atom. The minimum absolute atomic E-state index is 0.216. The van der Waals surface area contributed by atoms with Crippen LogP contribution in [0.1, 0.15) is 36.0 Å². The molecule has 4 atom stereocenters. The second-order valence-electron chi connectivity index (χ2n) is 10.3. The predicted octanol–water partition coefficient (Wildman–Crippen LogP) is 1.00. The summed E-state index contributed by atoms with van der Waals surface area (Å²) in [5, 5.41) is 32.4. The molecule has 0 bridgehead atoms. The molecule has 2 amide bonds. The number of phenols is 1. The number of rotatable bonds is 14. The van der Waals surface area contributed by atoms with Crippen LogP contribution in [0, 0.1) is 22.0 Å². The monoisotopic (exact) mass is 567 g/mol. The fraction of sp³-hybridized carbons (Fsp3) is 0.393. The third-order valence-electron chi connectivity index (χ3n) is 7.47. The van der Waals surface area contributed by atoms with Crippen LogP contribution < -0.4 is 11.1 Å². The Hall–Kier alpha value is -4.65. The van der Waals surface area contributed by atoms with E-state index in [2.05, 4.69) is 5.32 Å². The number of nitro groups is 1. The van der Waals surface area contributed by atoms with E-state index in [1.165, 1.54) is 6.07 Å². The van der Waals surface area contributed by atoms with Crippen molar-refractivity contribution in [3.63, 3.8) is 0 Å². The lowest BCUT2D eigenvalue weighted by atomic mass is 9.83. The lowest BCUT2D eigenvalue weighted by Crippen LogP contribution is -2.46. The van der Waals surface area contributed by atoms with E-state index in [0.717, 1.165) is 23.3 Å². The van der Waals surface area contributed by atoms with Crippen molar-refractivity contribution in [3.05, 3.63) is 69.3 Å². The van der Waals surface area contributed by atoms with Crippen molar-refractivity contribution < 1.29 is 43.8 Å². The lowest BCUT2D eigenvalue weighted by molar-refractivity contribution is -0.385. The Kier molecular flexibility index (Phi) is 8.77. The van der Waals surface area contributed by atoms with Crippen LogP contribution in [0.5, 0.6) is 5.75 Å². The van der Waals surface area contributed by atoms with Crippen molar-refractivity contribution >= 4 is 35.0 Å². The van der Waals surface area contributed by atoms with Gasteiger partial charge in [0.2, 0.25) is 5.91 Å². The second-order valence-corrected chi connectivity index (χ2v) is 10.3. The maximum atomic E-state index is 13.6. The van der Waals surface area contributed by atoms with E-state index in [4.69, 9.17) is 15.6 Å². The summed E-state index contributed by atoms with van der Waals surface area (Å²) in [6.45, 7) is 0. The SMILES string of the molecule is NC(=O)[C@H](CC(=O)[C@@H](Cc1ccc(O)c([N+](=O)[O-])c1)NC(=O)C1O[C@@H]1C(=O)CCC(=O)O)C1Cc2ccccc2C1. The predicted molar refractivity (Wildman–Crippen MR) is 141 cm³/mol. The van der Waals surface area contributed by atoms with Crippen LogP contribution in [0.4, 0.5) is 5.69 Å². The van der Waals surface area contributed by atoms with Gasteiger partial charge in [0.25, 0.3) is 5.91 Å². The van der Waals surface area contributed by atoms with Crippen LogP contribution in [0.2, 0.25) is 0 Å². The first kappa shape index (κ1) is 29.3. The molecule has 216 valence electrons. The summed E-state index contributed by atoms with van der Waals surface area (Å²) in [5.41, 5.74) is 7.48. The number of aromatic hydroxyl groups is 1. The van der Waals surface area contributed by atoms with Gasteiger partial charge in [-0.3, -0.25) is 34.1 Å². The van der Waals surface area contributed by atoms with E-state index >= 15 is 0 Å². The van der Waals surface area contributed by atoms with E-state index in [1.54, 1.807) is 0 Å². The number of primary amides is 1. The number of phenolic OH excluding ortho intramolecular Hbond substituents is 1. The van der Waals surface area contributed by atoms with Gasteiger partial charge in [-0.25, -0.2) is 0 Å². The zero-order valence-corrected chi connectivity index (χ0v) is 21.9. The summed E-state index contributed by atoms with van der Waals surface area (Å²) < 4.78 is 5.14. The van der Waals surface area contributed by atoms with Gasteiger partial charge >= 0.3 is 11.7 Å². The molecule has 1 fully saturated rings. The van der Waals surface area contributed by atoms with E-state index in [1.807, 2.05) is 24.3 Å². The number of hydrogen-bond donors (Lipinski definition) is 4. The fourth-order valence-corrected chi connectivity index (χ4v) is 5.24. The average molecular weight is 568 g/mol. The van der Waals surface area contributed by atoms with Crippen LogP contribution in [0.25, 0.3) is 0 Å². The molecule has 0 aromatic heterocycles. The quantitative estimate of drug-likeness (QED) is 0.144. The Morgan fingerprint density at radius 2 is 1.71 bits per heavy atom. The van der Waals surface area contributed by atoms with Gasteiger partial charge in [-0.15, -0.1) is 0 Å². The smallest absolute Gasteiger partial charge is 0.310 e. The van der Waals surface area contributed by atoms with Crippen molar-refractivity contribution in [2.75, 3.05) is 0 Å². The number of Topliss-reactive ketones (excluding diaryl/α,β-unsaturated/α-hetero) is 2. The molecule has 1 unspecified atom stereocenters. The summed E-state index contributed by atoms with van der Waals surface area (Å²) in [5.74, 6) is -5.42. The summed E-state index contributed by atoms with van der Waals surface area (Å²) in [4.78, 5) is 72.4. The van der Waals surface area contributed by atoms with Gasteiger partial charge in [0.15, 0.2) is 29.5 Å². The van der Waals surface area contributed by atoms with E-state index in [-0.39, 0.29) is 30.7 Å². The number of carbonyl (C=O) groups is 5. The van der Waals surface area contributed by atoms with Crippen LogP contribution in [-0.2, 0) is 48.0 Å². The first-order valence-corrected chi connectivity index (χ1v) is 13.0. The third kappa shape index (κ3) is 7.11. The molecule has 2 aromatic rings. The Balaban J connectivity index is 1.51. The molecule has 0 saturated carbocycles. The number of hydrogen-bond acceptors (Lipinski definition) is 9. The van der Waals surface area contributed by atoms with E-state index < -0.39 is 76.3 Å². The number of nitrogens with two attached hydrogens (primary N) is 1. The number of carboxylic acids is 1. The molecular weight excluding hydrogens is 538 g/mol. The molecule has 2 aromatic carbocycles. The largest absolute Gasteiger partial charge is 0.502 e. The van der Waals surface area contributed by atoms with Crippen LogP contribution in [0.3, 0.4) is 0 Å². The van der Waals surface area contributed by atoms with Crippen molar-refractivity contribution in [3.8, 4) is 5.75 Å². The number of benzene rings is 2. The summed E-state index contributed by atoms with van der Waals surface area (Å²) >= 11 is 0. The number of aliphatic carboxylic acids is 1. The highest BCUT2D eigenvalue weighted by molar-refractivity contribution is 5.99. The summed E-state index contributed by atoms with van der Waals surface area (Å²) in [6.07, 6.45) is -2.53. The zero-order valence-electron chi connectivity index (χ0n) is 21.9. The molecule has 13 heteroatoms. The van der Waals surface area contributed by atoms with Crippen molar-refractivity contribution in [1.29, 1.82) is 0 Å². The molecule has 4 rings (SSSR count). The molecular formula is C28H29N3O10. The molecule has 0 spiro atoms. The van der Waals surface area contributed by atoms with Crippen molar-refractivity contribution in [2.24, 2.45) is 17.6 Å². The lowest BCUT2D eigenvalue weighted by Gasteiger charge is -2.23. The number of epoxide rings is 1. The standard InChI is InChI=1S/C28H29N3O10/c29-27(37)18(17-11-15-3-1-2-4-16(15)12-17)13-23(34)19(9-14-5-6-21(32)20(10-14)31(39)40)30-28(38)26-25(41-26)22(33)7-8-24(35)36/h1-6,10,17-19,25-26,32H,7-9,11-13H2,(H2,29,37)(H,30,38)(H,35,36)/t18-,19-,25-,26?/m1/s1. The molecule has 1 aliphatic carbocycles. The molecule has 0 radical (unpaired) electrons. The Bertz CT molecular complexity index is 1380. The van der Waals surface area contributed by atoms with E-state index in [0.29, 0.717) is 12.8 Å². The molecule has 5 N–H and O–H groups in total. The molecule has 1 saturated heterocycles. The number of carboxylic acid groups (broad SMARTS) is 1. The van der Waals surface area contributed by atoms with Gasteiger partial charge in [0.05, 0.1) is 17.4 Å². The Labute approximate surface area is 233 Å². The maximum absolute atomic E-state index is 13.6. The van der Waals surface area contributed by atoms with Crippen LogP contribution >= 0.6 is 0 Å². The summed E-state index contributed by atoms with van der Waals surface area (Å²) in [7, 11) is 0. The number of nitro benzene ring substituents is 1. The van der Waals surface area contributed by atoms with Gasteiger partial charge in [0, 0.05) is 24.8 Å². The number of fused-ring (bicyclic) bond motifs is 1. The van der Waals surface area contributed by atoms with Crippen molar-refractivity contribution in [2.45, 2.75) is 56.8 Å². The second kappa shape index (κ2) is 12.3.